The summed E-state index contributed by atoms with van der Waals surface area (Å²) in [5.41, 5.74) is 6.41. The van der Waals surface area contributed by atoms with Gasteiger partial charge in [0.15, 0.2) is 5.82 Å². The van der Waals surface area contributed by atoms with Gasteiger partial charge in [-0.1, -0.05) is 20.3 Å². The zero-order chi connectivity index (χ0) is 17.7. The highest BCUT2D eigenvalue weighted by Crippen LogP contribution is 2.02. The number of hydrogen-bond acceptors (Lipinski definition) is 8. The lowest BCUT2D eigenvalue weighted by molar-refractivity contribution is -0.145. The third-order valence-electron chi connectivity index (χ3n) is 2.61. The van der Waals surface area contributed by atoms with Gasteiger partial charge in [0.2, 0.25) is 0 Å². The molecule has 9 heteroatoms. The summed E-state index contributed by atoms with van der Waals surface area (Å²) in [6, 6.07) is 1.46. The maximum atomic E-state index is 11.6. The van der Waals surface area contributed by atoms with Crippen LogP contribution in [0.25, 0.3) is 0 Å². The molecule has 0 aliphatic carbocycles. The van der Waals surface area contributed by atoms with Crippen molar-refractivity contribution in [3.63, 3.8) is 0 Å². The fraction of sp³-hybridized carbons (Fsp3) is 0.643. The van der Waals surface area contributed by atoms with Crippen molar-refractivity contribution in [2.75, 3.05) is 25.7 Å². The number of anilines is 1. The van der Waals surface area contributed by atoms with Gasteiger partial charge >= 0.3 is 11.7 Å². The first-order valence-corrected chi connectivity index (χ1v) is 7.38. The molecule has 1 unspecified atom stereocenters. The number of aryl methyl sites for hydroxylation is 1. The Labute approximate surface area is 135 Å². The van der Waals surface area contributed by atoms with Crippen molar-refractivity contribution in [2.45, 2.75) is 39.3 Å². The Morgan fingerprint density at radius 2 is 2.17 bits per heavy atom. The Morgan fingerprint density at radius 1 is 1.52 bits per heavy atom. The largest absolute Gasteiger partial charge is 0.462 e. The van der Waals surface area contributed by atoms with Crippen LogP contribution in [0.3, 0.4) is 0 Å². The lowest BCUT2D eigenvalue weighted by atomic mass is 10.2. The number of hydrogen-bond donors (Lipinski definition) is 3. The smallest absolute Gasteiger partial charge is 0.349 e. The summed E-state index contributed by atoms with van der Waals surface area (Å²) in [4.78, 5) is 26.1. The van der Waals surface area contributed by atoms with Gasteiger partial charge in [0.1, 0.15) is 6.61 Å². The summed E-state index contributed by atoms with van der Waals surface area (Å²) < 4.78 is 11.4. The molecule has 0 amide bonds. The van der Waals surface area contributed by atoms with Crippen LogP contribution in [0.1, 0.15) is 26.7 Å². The maximum Gasteiger partial charge on any atom is 0.349 e. The van der Waals surface area contributed by atoms with Crippen molar-refractivity contribution in [3.05, 3.63) is 22.7 Å². The summed E-state index contributed by atoms with van der Waals surface area (Å²) >= 11 is 0. The topological polar surface area (TPSA) is 129 Å². The molecule has 4 N–H and O–H groups in total. The molecule has 1 rings (SSSR count). The zero-order valence-corrected chi connectivity index (χ0v) is 13.8. The molecule has 0 spiro atoms. The second-order valence-corrected chi connectivity index (χ2v) is 4.64. The number of carbonyl (C=O) groups is 1. The third-order valence-corrected chi connectivity index (χ3v) is 2.61. The van der Waals surface area contributed by atoms with Gasteiger partial charge in [0.25, 0.3) is 0 Å². The van der Waals surface area contributed by atoms with Crippen LogP contribution in [0.5, 0.6) is 0 Å². The minimum Gasteiger partial charge on any atom is -0.462 e. The number of rotatable bonds is 8. The molecule has 0 aromatic carbocycles. The Kier molecular flexibility index (Phi) is 11.5. The number of nitrogens with two attached hydrogens (primary N) is 1. The van der Waals surface area contributed by atoms with E-state index in [1.165, 1.54) is 30.4 Å². The number of ether oxygens (including phenoxy) is 2. The molecule has 0 bridgehead atoms. The van der Waals surface area contributed by atoms with Gasteiger partial charge in [-0.2, -0.15) is 4.98 Å². The summed E-state index contributed by atoms with van der Waals surface area (Å²) in [6.07, 6.45) is 2.86. The van der Waals surface area contributed by atoms with Crippen molar-refractivity contribution >= 4 is 11.8 Å². The minimum atomic E-state index is -0.510. The second-order valence-electron chi connectivity index (χ2n) is 4.64. The molecule has 1 atom stereocenters. The Balaban J connectivity index is 0.00000149. The molecular formula is C14H26N4O5. The fourth-order valence-corrected chi connectivity index (χ4v) is 1.46. The Bertz CT molecular complexity index is 506. The molecule has 0 aliphatic heterocycles. The van der Waals surface area contributed by atoms with Crippen molar-refractivity contribution in [3.8, 4) is 0 Å². The summed E-state index contributed by atoms with van der Waals surface area (Å²) in [5.74, 6) is -0.435. The first-order valence-electron chi connectivity index (χ1n) is 7.38. The number of nitrogens with one attached hydrogen (secondary N) is 1. The molecule has 0 saturated carbocycles. The van der Waals surface area contributed by atoms with Crippen molar-refractivity contribution < 1.29 is 19.5 Å². The SMILES string of the molecule is CCC.COC(CCn1ccc(NO)nc1=O)COC(=O)CN. The molecule has 0 aliphatic rings. The highest BCUT2D eigenvalue weighted by Gasteiger charge is 2.11. The van der Waals surface area contributed by atoms with E-state index in [0.717, 1.165) is 0 Å². The molecular weight excluding hydrogens is 304 g/mol. The van der Waals surface area contributed by atoms with Crippen LogP contribution in [-0.2, 0) is 20.8 Å². The van der Waals surface area contributed by atoms with Gasteiger partial charge in [-0.3, -0.25) is 20.0 Å². The van der Waals surface area contributed by atoms with E-state index < -0.39 is 11.7 Å². The van der Waals surface area contributed by atoms with E-state index in [1.807, 2.05) is 0 Å². The standard InChI is InChI=1S/C11H18N4O5.C3H8/c1-19-8(7-20-10(16)6-12)2-4-15-5-3-9(14-18)13-11(15)17;1-3-2/h3,5,8,18H,2,4,6-7,12H2,1H3,(H,13,14,17);3H2,1-2H3. The van der Waals surface area contributed by atoms with E-state index in [4.69, 9.17) is 20.4 Å². The van der Waals surface area contributed by atoms with Crippen LogP contribution in [0.15, 0.2) is 17.1 Å². The summed E-state index contributed by atoms with van der Waals surface area (Å²) in [6.45, 7) is 4.48. The van der Waals surface area contributed by atoms with Gasteiger partial charge in [0.05, 0.1) is 12.6 Å². The average molecular weight is 330 g/mol. The molecule has 0 radical (unpaired) electrons. The van der Waals surface area contributed by atoms with Gasteiger partial charge in [-0.05, 0) is 12.5 Å². The van der Waals surface area contributed by atoms with Crippen LogP contribution in [0, 0.1) is 0 Å². The van der Waals surface area contributed by atoms with E-state index >= 15 is 0 Å². The van der Waals surface area contributed by atoms with E-state index in [9.17, 15) is 9.59 Å². The van der Waals surface area contributed by atoms with Crippen LogP contribution in [0.2, 0.25) is 0 Å². The average Bonchev–Trinajstić information content (AvgIpc) is 2.56. The Morgan fingerprint density at radius 3 is 2.65 bits per heavy atom. The first-order chi connectivity index (χ1) is 11.0. The van der Waals surface area contributed by atoms with Gasteiger partial charge in [-0.25, -0.2) is 4.79 Å². The number of methoxy groups -OCH3 is 1. The predicted octanol–water partition coefficient (Wildman–Crippen LogP) is 0.368. The number of nitrogens with zero attached hydrogens (tertiary/aromatic N) is 2. The molecule has 1 aromatic rings. The summed E-state index contributed by atoms with van der Waals surface area (Å²) in [7, 11) is 1.49. The fourth-order valence-electron chi connectivity index (χ4n) is 1.46. The molecule has 1 heterocycles. The van der Waals surface area contributed by atoms with Crippen LogP contribution in [0.4, 0.5) is 5.82 Å². The van der Waals surface area contributed by atoms with Crippen LogP contribution < -0.4 is 16.9 Å². The normalized spacial score (nSPS) is 11.2. The van der Waals surface area contributed by atoms with Gasteiger partial charge in [-0.15, -0.1) is 0 Å². The van der Waals surface area contributed by atoms with E-state index in [-0.39, 0.29) is 25.1 Å². The van der Waals surface area contributed by atoms with Crippen molar-refractivity contribution in [1.82, 2.24) is 9.55 Å². The summed E-state index contributed by atoms with van der Waals surface area (Å²) in [5, 5.41) is 8.62. The van der Waals surface area contributed by atoms with Crippen molar-refractivity contribution in [1.29, 1.82) is 0 Å². The predicted molar refractivity (Wildman–Crippen MR) is 85.3 cm³/mol. The number of aromatic nitrogens is 2. The van der Waals surface area contributed by atoms with E-state index in [2.05, 4.69) is 18.8 Å². The Hall–Kier alpha value is -1.97. The maximum absolute atomic E-state index is 11.6. The second kappa shape index (κ2) is 12.6. The third kappa shape index (κ3) is 8.91. The minimum absolute atomic E-state index is 0.0744. The van der Waals surface area contributed by atoms with E-state index in [1.54, 1.807) is 5.48 Å². The molecule has 0 saturated heterocycles. The van der Waals surface area contributed by atoms with Gasteiger partial charge in [0, 0.05) is 19.9 Å². The highest BCUT2D eigenvalue weighted by atomic mass is 16.6. The molecule has 9 nitrogen and oxygen atoms in total. The van der Waals surface area contributed by atoms with Crippen molar-refractivity contribution in [2.24, 2.45) is 5.73 Å². The van der Waals surface area contributed by atoms with Crippen LogP contribution >= 0.6 is 0 Å². The number of carbonyl (C=O) groups excluding carboxylic acids is 1. The first kappa shape index (κ1) is 21.0. The van der Waals surface area contributed by atoms with Gasteiger partial charge < -0.3 is 15.2 Å². The lowest BCUT2D eigenvalue weighted by Crippen LogP contribution is -2.28. The molecule has 1 aromatic heterocycles. The quantitative estimate of drug-likeness (QED) is 0.460. The van der Waals surface area contributed by atoms with E-state index in [0.29, 0.717) is 13.0 Å². The molecule has 0 fully saturated rings. The zero-order valence-electron chi connectivity index (χ0n) is 13.8. The molecule has 132 valence electrons. The molecule has 23 heavy (non-hydrogen) atoms. The van der Waals surface area contributed by atoms with Crippen LogP contribution in [-0.4, -0.2) is 47.1 Å². The lowest BCUT2D eigenvalue weighted by Gasteiger charge is -2.15. The highest BCUT2D eigenvalue weighted by molar-refractivity contribution is 5.71. The number of esters is 1. The monoisotopic (exact) mass is 330 g/mol.